The molecule has 2 aromatic rings. The molecule has 0 bridgehead atoms. The average Bonchev–Trinajstić information content (AvgIpc) is 2.65. The van der Waals surface area contributed by atoms with Crippen LogP contribution in [0.2, 0.25) is 0 Å². The number of hydrogen-bond donors (Lipinski definition) is 2. The van der Waals surface area contributed by atoms with E-state index in [0.29, 0.717) is 12.3 Å². The van der Waals surface area contributed by atoms with Gasteiger partial charge in [0.2, 0.25) is 0 Å². The summed E-state index contributed by atoms with van der Waals surface area (Å²) in [5.41, 5.74) is 6.92. The lowest BCUT2D eigenvalue weighted by Gasteiger charge is -2.06. The van der Waals surface area contributed by atoms with E-state index in [9.17, 15) is 4.79 Å². The van der Waals surface area contributed by atoms with Gasteiger partial charge in [-0.05, 0) is 30.5 Å². The number of nitrogens with zero attached hydrogens (tertiary/aromatic N) is 1. The maximum Gasteiger partial charge on any atom is 0.260 e. The molecule has 0 aliphatic heterocycles. The van der Waals surface area contributed by atoms with Crippen LogP contribution in [0.4, 0.5) is 0 Å². The molecular weight excluding hydrogens is 318 g/mol. The number of carbonyl (C=O) groups excluding carboxylic acids is 1. The summed E-state index contributed by atoms with van der Waals surface area (Å²) in [4.78, 5) is 16.6. The fourth-order valence-electron chi connectivity index (χ4n) is 2.09. The minimum atomic E-state index is -0.228. The first-order chi connectivity index (χ1) is 12.2. The van der Waals surface area contributed by atoms with Crippen LogP contribution in [0, 0.1) is 0 Å². The van der Waals surface area contributed by atoms with Gasteiger partial charge in [-0.1, -0.05) is 53.7 Å². The number of para-hydroxylation sites is 1. The number of benzene rings is 2. The fourth-order valence-corrected chi connectivity index (χ4v) is 2.09. The summed E-state index contributed by atoms with van der Waals surface area (Å²) in [6.45, 7) is 0.521. The van der Waals surface area contributed by atoms with E-state index in [1.165, 1.54) is 5.56 Å². The maximum atomic E-state index is 11.6. The maximum absolute atomic E-state index is 11.6. The Hall–Kier alpha value is -3.02. The topological polar surface area (TPSA) is 85.9 Å². The van der Waals surface area contributed by atoms with Crippen LogP contribution in [0.3, 0.4) is 0 Å². The molecule has 0 radical (unpaired) electrons. The van der Waals surface area contributed by atoms with Crippen LogP contribution in [0.15, 0.2) is 65.8 Å². The number of nitrogens with two attached hydrogens (primary N) is 1. The Morgan fingerprint density at radius 3 is 2.40 bits per heavy atom. The van der Waals surface area contributed by atoms with E-state index in [0.717, 1.165) is 12.8 Å². The molecule has 6 nitrogen and oxygen atoms in total. The van der Waals surface area contributed by atoms with E-state index in [1.807, 2.05) is 48.5 Å². The van der Waals surface area contributed by atoms with Crippen molar-refractivity contribution in [2.24, 2.45) is 10.9 Å². The Morgan fingerprint density at radius 1 is 1.00 bits per heavy atom. The van der Waals surface area contributed by atoms with Gasteiger partial charge in [0.1, 0.15) is 12.4 Å². The molecule has 0 spiro atoms. The lowest BCUT2D eigenvalue weighted by atomic mass is 10.1. The van der Waals surface area contributed by atoms with Crippen molar-refractivity contribution in [2.45, 2.75) is 12.8 Å². The number of rotatable bonds is 10. The van der Waals surface area contributed by atoms with Gasteiger partial charge in [0, 0.05) is 6.54 Å². The summed E-state index contributed by atoms with van der Waals surface area (Å²) in [5.74, 6) is 0.631. The zero-order chi connectivity index (χ0) is 17.7. The van der Waals surface area contributed by atoms with Crippen molar-refractivity contribution in [2.75, 3.05) is 19.8 Å². The molecule has 0 aromatic heterocycles. The standard InChI is InChI=1S/C19H23N3O3/c20-18(14-24-17-11-5-2-6-12-17)22-25-15-19(23)21-13-7-10-16-8-3-1-4-9-16/h1-6,8-9,11-12H,7,10,13-15H2,(H2,20,22)(H,21,23). The van der Waals surface area contributed by atoms with Gasteiger partial charge >= 0.3 is 0 Å². The molecule has 0 aliphatic carbocycles. The van der Waals surface area contributed by atoms with Crippen LogP contribution < -0.4 is 15.8 Å². The smallest absolute Gasteiger partial charge is 0.260 e. The Labute approximate surface area is 147 Å². The van der Waals surface area contributed by atoms with Gasteiger partial charge in [-0.2, -0.15) is 0 Å². The van der Waals surface area contributed by atoms with Crippen LogP contribution in [-0.4, -0.2) is 31.5 Å². The number of hydrogen-bond acceptors (Lipinski definition) is 4. The number of amides is 1. The molecule has 1 amide bonds. The molecule has 0 heterocycles. The monoisotopic (exact) mass is 341 g/mol. The number of nitrogens with one attached hydrogen (secondary N) is 1. The first-order valence-corrected chi connectivity index (χ1v) is 8.17. The van der Waals surface area contributed by atoms with Crippen molar-refractivity contribution in [3.05, 3.63) is 66.2 Å². The molecule has 3 N–H and O–H groups in total. The van der Waals surface area contributed by atoms with Gasteiger partial charge in [0.05, 0.1) is 0 Å². The largest absolute Gasteiger partial charge is 0.486 e. The van der Waals surface area contributed by atoms with Gasteiger partial charge in [-0.15, -0.1) is 0 Å². The van der Waals surface area contributed by atoms with Crippen molar-refractivity contribution < 1.29 is 14.4 Å². The summed E-state index contributed by atoms with van der Waals surface area (Å²) in [7, 11) is 0. The Bertz CT molecular complexity index is 660. The molecule has 132 valence electrons. The van der Waals surface area contributed by atoms with Crippen LogP contribution in [0.5, 0.6) is 5.75 Å². The molecule has 25 heavy (non-hydrogen) atoms. The number of amidine groups is 1. The third-order valence-electron chi connectivity index (χ3n) is 3.31. The third-order valence-corrected chi connectivity index (χ3v) is 3.31. The molecule has 0 fully saturated rings. The predicted molar refractivity (Wildman–Crippen MR) is 97.3 cm³/mol. The quantitative estimate of drug-likeness (QED) is 0.300. The van der Waals surface area contributed by atoms with Crippen molar-refractivity contribution in [1.82, 2.24) is 5.32 Å². The van der Waals surface area contributed by atoms with Gasteiger partial charge < -0.3 is 20.6 Å². The molecule has 0 atom stereocenters. The molecule has 0 aliphatic rings. The highest BCUT2D eigenvalue weighted by molar-refractivity contribution is 5.81. The molecule has 0 saturated carbocycles. The SMILES string of the molecule is N/C(COc1ccccc1)=N\OCC(=O)NCCCc1ccccc1. The van der Waals surface area contributed by atoms with Gasteiger partial charge in [-0.3, -0.25) is 4.79 Å². The highest BCUT2D eigenvalue weighted by Crippen LogP contribution is 2.07. The Kier molecular flexibility index (Phi) is 7.84. The van der Waals surface area contributed by atoms with Gasteiger partial charge in [0.25, 0.3) is 5.91 Å². The molecular formula is C19H23N3O3. The third kappa shape index (κ3) is 7.87. The van der Waals surface area contributed by atoms with Crippen LogP contribution in [-0.2, 0) is 16.1 Å². The summed E-state index contributed by atoms with van der Waals surface area (Å²) in [5, 5.41) is 6.44. The van der Waals surface area contributed by atoms with E-state index in [4.69, 9.17) is 15.3 Å². The second-order valence-corrected chi connectivity index (χ2v) is 5.40. The molecule has 0 saturated heterocycles. The molecule has 6 heteroatoms. The average molecular weight is 341 g/mol. The Balaban J connectivity index is 1.55. The van der Waals surface area contributed by atoms with E-state index in [2.05, 4.69) is 22.6 Å². The lowest BCUT2D eigenvalue weighted by Crippen LogP contribution is -2.29. The normalized spacial score (nSPS) is 11.0. The summed E-state index contributed by atoms with van der Waals surface area (Å²) >= 11 is 0. The summed E-state index contributed by atoms with van der Waals surface area (Å²) in [6.07, 6.45) is 1.79. The molecule has 2 aromatic carbocycles. The van der Waals surface area contributed by atoms with E-state index in [1.54, 1.807) is 0 Å². The minimum Gasteiger partial charge on any atom is -0.486 e. The number of aryl methyl sites for hydroxylation is 1. The first-order valence-electron chi connectivity index (χ1n) is 8.17. The van der Waals surface area contributed by atoms with E-state index >= 15 is 0 Å². The van der Waals surface area contributed by atoms with Gasteiger partial charge in [0.15, 0.2) is 12.4 Å². The number of ether oxygens (including phenoxy) is 1. The van der Waals surface area contributed by atoms with E-state index < -0.39 is 0 Å². The van der Waals surface area contributed by atoms with Crippen molar-refractivity contribution >= 4 is 11.7 Å². The van der Waals surface area contributed by atoms with Crippen LogP contribution >= 0.6 is 0 Å². The van der Waals surface area contributed by atoms with Crippen LogP contribution in [0.1, 0.15) is 12.0 Å². The number of carbonyl (C=O) groups is 1. The zero-order valence-corrected chi connectivity index (χ0v) is 14.1. The second-order valence-electron chi connectivity index (χ2n) is 5.40. The first kappa shape index (κ1) is 18.3. The van der Waals surface area contributed by atoms with Crippen molar-refractivity contribution in [1.29, 1.82) is 0 Å². The highest BCUT2D eigenvalue weighted by atomic mass is 16.6. The van der Waals surface area contributed by atoms with Crippen molar-refractivity contribution in [3.63, 3.8) is 0 Å². The number of oxime groups is 1. The Morgan fingerprint density at radius 2 is 1.68 bits per heavy atom. The van der Waals surface area contributed by atoms with E-state index in [-0.39, 0.29) is 25.0 Å². The minimum absolute atomic E-state index is 0.0999. The summed E-state index contributed by atoms with van der Waals surface area (Å²) in [6, 6.07) is 19.4. The molecule has 2 rings (SSSR count). The second kappa shape index (κ2) is 10.7. The fraction of sp³-hybridized carbons (Fsp3) is 0.263. The van der Waals surface area contributed by atoms with Crippen LogP contribution in [0.25, 0.3) is 0 Å². The summed E-state index contributed by atoms with van der Waals surface area (Å²) < 4.78 is 5.41. The lowest BCUT2D eigenvalue weighted by molar-refractivity contribution is -0.125. The molecule has 0 unspecified atom stereocenters. The predicted octanol–water partition coefficient (Wildman–Crippen LogP) is 2.10. The van der Waals surface area contributed by atoms with Gasteiger partial charge in [-0.25, -0.2) is 0 Å². The zero-order valence-electron chi connectivity index (χ0n) is 14.1. The van der Waals surface area contributed by atoms with Crippen molar-refractivity contribution in [3.8, 4) is 5.75 Å². The highest BCUT2D eigenvalue weighted by Gasteiger charge is 2.02.